The highest BCUT2D eigenvalue weighted by molar-refractivity contribution is 5.98. The van der Waals surface area contributed by atoms with Crippen LogP contribution in [0.4, 0.5) is 0 Å². The zero-order valence-electron chi connectivity index (χ0n) is 13.2. The van der Waals surface area contributed by atoms with Crippen LogP contribution in [0, 0.1) is 6.92 Å². The van der Waals surface area contributed by atoms with Gasteiger partial charge in [-0.1, -0.05) is 30.3 Å². The van der Waals surface area contributed by atoms with E-state index in [0.29, 0.717) is 18.5 Å². The van der Waals surface area contributed by atoms with Crippen LogP contribution in [0.1, 0.15) is 34.5 Å². The molecule has 5 nitrogen and oxygen atoms in total. The lowest BCUT2D eigenvalue weighted by atomic mass is 10.0. The molecule has 0 aliphatic carbocycles. The predicted octanol–water partition coefficient (Wildman–Crippen LogP) is 2.24. The van der Waals surface area contributed by atoms with Crippen molar-refractivity contribution >= 4 is 11.8 Å². The third-order valence-electron chi connectivity index (χ3n) is 4.25. The number of nitrogens with one attached hydrogen (secondary N) is 2. The molecule has 0 bridgehead atoms. The molecule has 0 radical (unpaired) electrons. The summed E-state index contributed by atoms with van der Waals surface area (Å²) in [5, 5.41) is 2.88. The molecular formula is C18H21N3O2. The van der Waals surface area contributed by atoms with E-state index in [1.165, 1.54) is 0 Å². The number of piperidine rings is 1. The Labute approximate surface area is 135 Å². The van der Waals surface area contributed by atoms with E-state index in [1.54, 1.807) is 12.3 Å². The fraction of sp³-hybridized carbons (Fsp3) is 0.333. The highest BCUT2D eigenvalue weighted by atomic mass is 16.2. The molecular weight excluding hydrogens is 290 g/mol. The van der Waals surface area contributed by atoms with E-state index in [1.807, 2.05) is 42.2 Å². The third-order valence-corrected chi connectivity index (χ3v) is 4.25. The minimum absolute atomic E-state index is 0.00152. The van der Waals surface area contributed by atoms with E-state index in [4.69, 9.17) is 0 Å². The summed E-state index contributed by atoms with van der Waals surface area (Å²) in [6.45, 7) is 3.18. The van der Waals surface area contributed by atoms with Crippen LogP contribution in [0.5, 0.6) is 0 Å². The quantitative estimate of drug-likeness (QED) is 0.909. The molecule has 120 valence electrons. The molecule has 2 aromatic rings. The lowest BCUT2D eigenvalue weighted by molar-refractivity contribution is -0.136. The SMILES string of the molecule is Cc1[nH]ccc1C(=O)N[C@@H]1CCCN(Cc2ccccc2)C1=O. The first kappa shape index (κ1) is 15.3. The monoisotopic (exact) mass is 311 g/mol. The number of aromatic nitrogens is 1. The Morgan fingerprint density at radius 1 is 1.30 bits per heavy atom. The van der Waals surface area contributed by atoms with Crippen molar-refractivity contribution in [2.24, 2.45) is 0 Å². The van der Waals surface area contributed by atoms with Crippen LogP contribution < -0.4 is 5.32 Å². The van der Waals surface area contributed by atoms with Gasteiger partial charge < -0.3 is 15.2 Å². The van der Waals surface area contributed by atoms with E-state index in [2.05, 4.69) is 10.3 Å². The second-order valence-corrected chi connectivity index (χ2v) is 5.93. The Hall–Kier alpha value is -2.56. The van der Waals surface area contributed by atoms with Crippen molar-refractivity contribution in [3.8, 4) is 0 Å². The van der Waals surface area contributed by atoms with Crippen molar-refractivity contribution in [3.05, 3.63) is 59.4 Å². The topological polar surface area (TPSA) is 65.2 Å². The molecule has 0 spiro atoms. The van der Waals surface area contributed by atoms with Crippen LogP contribution in [-0.2, 0) is 11.3 Å². The molecule has 1 saturated heterocycles. The molecule has 1 atom stereocenters. The Kier molecular flexibility index (Phi) is 4.46. The van der Waals surface area contributed by atoms with Crippen molar-refractivity contribution in [2.75, 3.05) is 6.54 Å². The van der Waals surface area contributed by atoms with Crippen molar-refractivity contribution in [1.29, 1.82) is 0 Å². The van der Waals surface area contributed by atoms with Crippen molar-refractivity contribution in [2.45, 2.75) is 32.4 Å². The molecule has 1 aliphatic heterocycles. The van der Waals surface area contributed by atoms with Gasteiger partial charge in [-0.2, -0.15) is 0 Å². The number of H-pyrrole nitrogens is 1. The van der Waals surface area contributed by atoms with Gasteiger partial charge in [0.1, 0.15) is 6.04 Å². The fourth-order valence-corrected chi connectivity index (χ4v) is 2.97. The average molecular weight is 311 g/mol. The van der Waals surface area contributed by atoms with Gasteiger partial charge in [0, 0.05) is 25.0 Å². The van der Waals surface area contributed by atoms with Gasteiger partial charge in [0.2, 0.25) is 5.91 Å². The second kappa shape index (κ2) is 6.69. The largest absolute Gasteiger partial charge is 0.365 e. The van der Waals surface area contributed by atoms with Gasteiger partial charge in [-0.15, -0.1) is 0 Å². The number of aryl methyl sites for hydroxylation is 1. The summed E-state index contributed by atoms with van der Waals surface area (Å²) < 4.78 is 0. The number of hydrogen-bond acceptors (Lipinski definition) is 2. The van der Waals surface area contributed by atoms with Gasteiger partial charge in [0.15, 0.2) is 0 Å². The summed E-state index contributed by atoms with van der Waals surface area (Å²) in [4.78, 5) is 29.7. The zero-order chi connectivity index (χ0) is 16.2. The summed E-state index contributed by atoms with van der Waals surface area (Å²) >= 11 is 0. The first-order valence-electron chi connectivity index (χ1n) is 7.92. The van der Waals surface area contributed by atoms with Gasteiger partial charge in [0.05, 0.1) is 5.56 Å². The minimum atomic E-state index is -0.436. The summed E-state index contributed by atoms with van der Waals surface area (Å²) in [6.07, 6.45) is 3.32. The first-order valence-corrected chi connectivity index (χ1v) is 7.92. The molecule has 1 aromatic heterocycles. The highest BCUT2D eigenvalue weighted by Crippen LogP contribution is 2.16. The number of aromatic amines is 1. The normalized spacial score (nSPS) is 18.0. The van der Waals surface area contributed by atoms with Crippen molar-refractivity contribution in [1.82, 2.24) is 15.2 Å². The summed E-state index contributed by atoms with van der Waals surface area (Å²) in [5.41, 5.74) is 2.51. The second-order valence-electron chi connectivity index (χ2n) is 5.93. The van der Waals surface area contributed by atoms with Crippen LogP contribution in [0.25, 0.3) is 0 Å². The van der Waals surface area contributed by atoms with Crippen LogP contribution >= 0.6 is 0 Å². The number of nitrogens with zero attached hydrogens (tertiary/aromatic N) is 1. The zero-order valence-corrected chi connectivity index (χ0v) is 13.2. The van der Waals surface area contributed by atoms with E-state index in [0.717, 1.165) is 24.2 Å². The van der Waals surface area contributed by atoms with E-state index >= 15 is 0 Å². The lowest BCUT2D eigenvalue weighted by Gasteiger charge is -2.32. The Balaban J connectivity index is 1.65. The van der Waals surface area contributed by atoms with Gasteiger partial charge in [0.25, 0.3) is 5.91 Å². The Morgan fingerprint density at radius 2 is 2.09 bits per heavy atom. The van der Waals surface area contributed by atoms with E-state index in [9.17, 15) is 9.59 Å². The van der Waals surface area contributed by atoms with Crippen LogP contribution in [0.2, 0.25) is 0 Å². The Bertz CT molecular complexity index is 693. The minimum Gasteiger partial charge on any atom is -0.365 e. The van der Waals surface area contributed by atoms with Crippen LogP contribution in [0.3, 0.4) is 0 Å². The van der Waals surface area contributed by atoms with E-state index in [-0.39, 0.29) is 11.8 Å². The number of amides is 2. The maximum absolute atomic E-state index is 12.6. The number of benzene rings is 1. The highest BCUT2D eigenvalue weighted by Gasteiger charge is 2.30. The van der Waals surface area contributed by atoms with Gasteiger partial charge in [-0.25, -0.2) is 0 Å². The Morgan fingerprint density at radius 3 is 2.78 bits per heavy atom. The predicted molar refractivity (Wildman–Crippen MR) is 87.9 cm³/mol. The molecule has 1 aromatic carbocycles. The standard InChI is InChI=1S/C18H21N3O2/c1-13-15(9-10-19-13)17(22)20-16-8-5-11-21(18(16)23)12-14-6-3-2-4-7-14/h2-4,6-7,9-10,16,19H,5,8,11-12H2,1H3,(H,20,22)/t16-/m1/s1. The molecule has 23 heavy (non-hydrogen) atoms. The molecule has 0 unspecified atom stereocenters. The number of carbonyl (C=O) groups is 2. The third kappa shape index (κ3) is 3.44. The number of rotatable bonds is 4. The van der Waals surface area contributed by atoms with Gasteiger partial charge >= 0.3 is 0 Å². The van der Waals surface area contributed by atoms with Crippen molar-refractivity contribution in [3.63, 3.8) is 0 Å². The number of likely N-dealkylation sites (tertiary alicyclic amines) is 1. The average Bonchev–Trinajstić information content (AvgIpc) is 2.98. The maximum atomic E-state index is 12.6. The molecule has 2 heterocycles. The maximum Gasteiger partial charge on any atom is 0.253 e. The molecule has 1 aliphatic rings. The molecule has 2 amide bonds. The molecule has 5 heteroatoms. The summed E-state index contributed by atoms with van der Waals surface area (Å²) in [7, 11) is 0. The number of carbonyl (C=O) groups excluding carboxylic acids is 2. The lowest BCUT2D eigenvalue weighted by Crippen LogP contribution is -2.51. The fourth-order valence-electron chi connectivity index (χ4n) is 2.97. The van der Waals surface area contributed by atoms with Gasteiger partial charge in [-0.3, -0.25) is 9.59 Å². The first-order chi connectivity index (χ1) is 11.1. The molecule has 1 fully saturated rings. The van der Waals surface area contributed by atoms with E-state index < -0.39 is 6.04 Å². The number of hydrogen-bond donors (Lipinski definition) is 2. The smallest absolute Gasteiger partial charge is 0.253 e. The summed E-state index contributed by atoms with van der Waals surface area (Å²) in [5.74, 6) is -0.190. The molecule has 2 N–H and O–H groups in total. The van der Waals surface area contributed by atoms with Crippen LogP contribution in [0.15, 0.2) is 42.6 Å². The van der Waals surface area contributed by atoms with Crippen LogP contribution in [-0.4, -0.2) is 34.3 Å². The van der Waals surface area contributed by atoms with Gasteiger partial charge in [-0.05, 0) is 31.4 Å². The summed E-state index contributed by atoms with van der Waals surface area (Å²) in [6, 6.07) is 11.2. The molecule has 0 saturated carbocycles. The van der Waals surface area contributed by atoms with Crippen molar-refractivity contribution < 1.29 is 9.59 Å². The molecule has 3 rings (SSSR count).